The van der Waals surface area contributed by atoms with Gasteiger partial charge in [0.25, 0.3) is 0 Å². The second-order valence-electron chi connectivity index (χ2n) is 5.10. The number of hydrogen-bond donors (Lipinski definition) is 1. The minimum atomic E-state index is -0.506. The molecule has 2 amide bonds. The van der Waals surface area contributed by atoms with Crippen molar-refractivity contribution in [2.45, 2.75) is 18.2 Å². The number of nitrogens with zero attached hydrogens (tertiary/aromatic N) is 1. The molecule has 1 atom stereocenters. The molecule has 1 fully saturated rings. The van der Waals surface area contributed by atoms with Crippen LogP contribution in [0.5, 0.6) is 11.5 Å². The van der Waals surface area contributed by atoms with E-state index in [4.69, 9.17) is 4.74 Å². The number of hydrogen-bond acceptors (Lipinski definition) is 4. The van der Waals surface area contributed by atoms with Crippen molar-refractivity contribution in [2.24, 2.45) is 0 Å². The van der Waals surface area contributed by atoms with E-state index in [0.29, 0.717) is 5.75 Å². The second-order valence-corrected chi connectivity index (χ2v) is 5.72. The van der Waals surface area contributed by atoms with Gasteiger partial charge >= 0.3 is 0 Å². The van der Waals surface area contributed by atoms with Gasteiger partial charge in [-0.25, -0.2) is 0 Å². The number of likely N-dealkylation sites (tertiary alicyclic amines) is 1. The zero-order valence-corrected chi connectivity index (χ0v) is 12.7. The van der Waals surface area contributed by atoms with Crippen molar-refractivity contribution in [2.75, 3.05) is 0 Å². The van der Waals surface area contributed by atoms with Gasteiger partial charge in [0, 0.05) is 6.42 Å². The van der Waals surface area contributed by atoms with Crippen LogP contribution in [0, 0.1) is 0 Å². The van der Waals surface area contributed by atoms with Crippen molar-refractivity contribution in [1.82, 2.24) is 4.90 Å². The summed E-state index contributed by atoms with van der Waals surface area (Å²) in [5.74, 6) is 1.08. The summed E-state index contributed by atoms with van der Waals surface area (Å²) in [6, 6.07) is 16.8. The molecular weight excluding hydrogens is 298 g/mol. The van der Waals surface area contributed by atoms with Crippen LogP contribution in [0.25, 0.3) is 0 Å². The molecule has 0 aromatic heterocycles. The van der Waals surface area contributed by atoms with Gasteiger partial charge in [-0.05, 0) is 29.8 Å². The average molecular weight is 313 g/mol. The molecule has 1 unspecified atom stereocenters. The Balaban J connectivity index is 1.67. The topological polar surface area (TPSA) is 46.6 Å². The van der Waals surface area contributed by atoms with Gasteiger partial charge in [-0.15, -0.1) is 0 Å². The predicted octanol–water partition coefficient (Wildman–Crippen LogP) is 3.04. The molecular formula is C17H15NO3S. The first-order valence-electron chi connectivity index (χ1n) is 6.97. The molecule has 2 aromatic rings. The minimum absolute atomic E-state index is 0.172. The molecule has 1 aliphatic heterocycles. The van der Waals surface area contributed by atoms with E-state index in [9.17, 15) is 9.59 Å². The van der Waals surface area contributed by atoms with Gasteiger partial charge in [0.15, 0.2) is 0 Å². The Morgan fingerprint density at radius 2 is 1.64 bits per heavy atom. The monoisotopic (exact) mass is 313 g/mol. The van der Waals surface area contributed by atoms with Crippen LogP contribution in [0.1, 0.15) is 12.0 Å². The standard InChI is InChI=1S/C17H15NO3S/c19-16-10-15(22)17(20)18(16)11-12-6-8-14(9-7-12)21-13-4-2-1-3-5-13/h1-9,15,22H,10-11H2. The summed E-state index contributed by atoms with van der Waals surface area (Å²) in [6.07, 6.45) is 0.178. The molecule has 1 saturated heterocycles. The van der Waals surface area contributed by atoms with Crippen LogP contribution in [-0.2, 0) is 16.1 Å². The van der Waals surface area contributed by atoms with Crippen LogP contribution >= 0.6 is 12.6 Å². The van der Waals surface area contributed by atoms with Gasteiger partial charge < -0.3 is 4.74 Å². The second kappa shape index (κ2) is 6.23. The quantitative estimate of drug-likeness (QED) is 0.697. The van der Waals surface area contributed by atoms with Gasteiger partial charge in [-0.3, -0.25) is 14.5 Å². The first-order chi connectivity index (χ1) is 10.6. The molecule has 4 nitrogen and oxygen atoms in total. The molecule has 112 valence electrons. The molecule has 0 aliphatic carbocycles. The molecule has 0 saturated carbocycles. The fraction of sp³-hybridized carbons (Fsp3) is 0.176. The zero-order valence-electron chi connectivity index (χ0n) is 11.8. The summed E-state index contributed by atoms with van der Waals surface area (Å²) >= 11 is 4.11. The summed E-state index contributed by atoms with van der Waals surface area (Å²) in [5.41, 5.74) is 0.879. The molecule has 2 aromatic carbocycles. The maximum atomic E-state index is 11.8. The third kappa shape index (κ3) is 3.14. The van der Waals surface area contributed by atoms with E-state index >= 15 is 0 Å². The first kappa shape index (κ1) is 14.7. The fourth-order valence-corrected chi connectivity index (χ4v) is 2.60. The molecule has 0 spiro atoms. The van der Waals surface area contributed by atoms with Crippen molar-refractivity contribution in [3.05, 3.63) is 60.2 Å². The van der Waals surface area contributed by atoms with Crippen LogP contribution in [-0.4, -0.2) is 22.0 Å². The number of carbonyl (C=O) groups excluding carboxylic acids is 2. The number of benzene rings is 2. The highest BCUT2D eigenvalue weighted by atomic mass is 32.1. The summed E-state index contributed by atoms with van der Waals surface area (Å²) in [6.45, 7) is 0.278. The van der Waals surface area contributed by atoms with Crippen molar-refractivity contribution >= 4 is 24.4 Å². The van der Waals surface area contributed by atoms with Crippen LogP contribution in [0.4, 0.5) is 0 Å². The van der Waals surface area contributed by atoms with Gasteiger partial charge in [-0.1, -0.05) is 30.3 Å². The Kier molecular flexibility index (Phi) is 4.15. The van der Waals surface area contributed by atoms with Crippen molar-refractivity contribution < 1.29 is 14.3 Å². The average Bonchev–Trinajstić information content (AvgIpc) is 2.77. The van der Waals surface area contributed by atoms with E-state index in [0.717, 1.165) is 11.3 Å². The SMILES string of the molecule is O=C1CC(S)C(=O)N1Cc1ccc(Oc2ccccc2)cc1. The van der Waals surface area contributed by atoms with E-state index in [-0.39, 0.29) is 24.8 Å². The lowest BCUT2D eigenvalue weighted by molar-refractivity contribution is -0.138. The summed E-state index contributed by atoms with van der Waals surface area (Å²) in [7, 11) is 0. The van der Waals surface area contributed by atoms with Gasteiger partial charge in [-0.2, -0.15) is 12.6 Å². The summed E-state index contributed by atoms with van der Waals surface area (Å²) in [4.78, 5) is 24.8. The summed E-state index contributed by atoms with van der Waals surface area (Å²) in [5, 5.41) is -0.506. The molecule has 5 heteroatoms. The van der Waals surface area contributed by atoms with Crippen LogP contribution in [0.2, 0.25) is 0 Å². The number of ether oxygens (including phenoxy) is 1. The van der Waals surface area contributed by atoms with Gasteiger partial charge in [0.2, 0.25) is 11.8 Å². The highest BCUT2D eigenvalue weighted by molar-refractivity contribution is 7.81. The largest absolute Gasteiger partial charge is 0.457 e. The Bertz CT molecular complexity index is 685. The molecule has 22 heavy (non-hydrogen) atoms. The highest BCUT2D eigenvalue weighted by Crippen LogP contribution is 2.23. The van der Waals surface area contributed by atoms with Crippen molar-refractivity contribution in [3.63, 3.8) is 0 Å². The van der Waals surface area contributed by atoms with E-state index < -0.39 is 5.25 Å². The maximum Gasteiger partial charge on any atom is 0.242 e. The first-order valence-corrected chi connectivity index (χ1v) is 7.49. The normalized spacial score (nSPS) is 17.9. The zero-order chi connectivity index (χ0) is 15.5. The molecule has 1 aliphatic rings. The highest BCUT2D eigenvalue weighted by Gasteiger charge is 2.36. The molecule has 1 heterocycles. The van der Waals surface area contributed by atoms with E-state index in [2.05, 4.69) is 12.6 Å². The van der Waals surface area contributed by atoms with Crippen LogP contribution in [0.15, 0.2) is 54.6 Å². The van der Waals surface area contributed by atoms with Crippen molar-refractivity contribution in [1.29, 1.82) is 0 Å². The smallest absolute Gasteiger partial charge is 0.242 e. The number of para-hydroxylation sites is 1. The van der Waals surface area contributed by atoms with Gasteiger partial charge in [0.05, 0.1) is 11.8 Å². The molecule has 0 radical (unpaired) electrons. The number of thiol groups is 1. The van der Waals surface area contributed by atoms with E-state index in [1.54, 1.807) is 0 Å². The Morgan fingerprint density at radius 3 is 2.23 bits per heavy atom. The Hall–Kier alpha value is -2.27. The minimum Gasteiger partial charge on any atom is -0.457 e. The van der Waals surface area contributed by atoms with Crippen LogP contribution in [0.3, 0.4) is 0 Å². The lowest BCUT2D eigenvalue weighted by atomic mass is 10.2. The maximum absolute atomic E-state index is 11.8. The van der Waals surface area contributed by atoms with Crippen LogP contribution < -0.4 is 4.74 Å². The molecule has 0 bridgehead atoms. The third-order valence-electron chi connectivity index (χ3n) is 3.46. The number of imide groups is 1. The Labute approximate surface area is 134 Å². The number of amides is 2. The number of rotatable bonds is 4. The molecule has 3 rings (SSSR count). The molecule has 0 N–H and O–H groups in total. The summed E-state index contributed by atoms with van der Waals surface area (Å²) < 4.78 is 5.70. The predicted molar refractivity (Wildman–Crippen MR) is 85.9 cm³/mol. The van der Waals surface area contributed by atoms with E-state index in [1.807, 2.05) is 54.6 Å². The Morgan fingerprint density at radius 1 is 1.00 bits per heavy atom. The third-order valence-corrected chi connectivity index (χ3v) is 3.87. The van der Waals surface area contributed by atoms with Crippen molar-refractivity contribution in [3.8, 4) is 11.5 Å². The lowest BCUT2D eigenvalue weighted by Crippen LogP contribution is -2.30. The lowest BCUT2D eigenvalue weighted by Gasteiger charge is -2.14. The number of carbonyl (C=O) groups is 2. The van der Waals surface area contributed by atoms with Gasteiger partial charge in [0.1, 0.15) is 11.5 Å². The fourth-order valence-electron chi connectivity index (χ4n) is 2.30. The van der Waals surface area contributed by atoms with E-state index in [1.165, 1.54) is 4.90 Å².